The molecule has 0 bridgehead atoms. The standard InChI is InChI=1S/C18H20N4O3/c1-11-16-9-13(10-19-17(16)22(3)21-11)20-18(23)12(2)25-15-7-5-14(24-4)6-8-15/h5-10,12H,1-4H3,(H,20,23). The Hall–Kier alpha value is -3.09. The molecular weight excluding hydrogens is 320 g/mol. The molecule has 25 heavy (non-hydrogen) atoms. The molecule has 2 heterocycles. The molecule has 0 radical (unpaired) electrons. The van der Waals surface area contributed by atoms with Crippen molar-refractivity contribution in [3.05, 3.63) is 42.2 Å². The van der Waals surface area contributed by atoms with Gasteiger partial charge in [0.25, 0.3) is 5.91 Å². The second-order valence-corrected chi connectivity index (χ2v) is 5.73. The highest BCUT2D eigenvalue weighted by Crippen LogP contribution is 2.21. The molecular formula is C18H20N4O3. The van der Waals surface area contributed by atoms with Crippen LogP contribution in [0.25, 0.3) is 11.0 Å². The minimum atomic E-state index is -0.654. The molecule has 1 amide bonds. The molecule has 1 N–H and O–H groups in total. The van der Waals surface area contributed by atoms with Crippen LogP contribution in [0.15, 0.2) is 36.5 Å². The van der Waals surface area contributed by atoms with Crippen LogP contribution in [0.4, 0.5) is 5.69 Å². The Morgan fingerprint density at radius 1 is 1.24 bits per heavy atom. The summed E-state index contributed by atoms with van der Waals surface area (Å²) in [5.41, 5.74) is 2.25. The first-order valence-corrected chi connectivity index (χ1v) is 7.89. The van der Waals surface area contributed by atoms with Crippen LogP contribution in [0, 0.1) is 6.92 Å². The zero-order valence-corrected chi connectivity index (χ0v) is 14.6. The van der Waals surface area contributed by atoms with Gasteiger partial charge in [-0.3, -0.25) is 9.48 Å². The molecule has 0 saturated heterocycles. The van der Waals surface area contributed by atoms with Gasteiger partial charge in [-0.15, -0.1) is 0 Å². The number of amides is 1. The predicted molar refractivity (Wildman–Crippen MR) is 95.0 cm³/mol. The fraction of sp³-hybridized carbons (Fsp3) is 0.278. The van der Waals surface area contributed by atoms with Gasteiger partial charge in [-0.2, -0.15) is 5.10 Å². The molecule has 0 fully saturated rings. The Morgan fingerprint density at radius 2 is 1.92 bits per heavy atom. The highest BCUT2D eigenvalue weighted by atomic mass is 16.5. The maximum Gasteiger partial charge on any atom is 0.265 e. The van der Waals surface area contributed by atoms with E-state index in [4.69, 9.17) is 9.47 Å². The van der Waals surface area contributed by atoms with E-state index in [0.29, 0.717) is 11.4 Å². The van der Waals surface area contributed by atoms with Crippen LogP contribution < -0.4 is 14.8 Å². The van der Waals surface area contributed by atoms with Gasteiger partial charge >= 0.3 is 0 Å². The summed E-state index contributed by atoms with van der Waals surface area (Å²) in [4.78, 5) is 16.7. The molecule has 0 aliphatic rings. The molecule has 130 valence electrons. The minimum absolute atomic E-state index is 0.251. The summed E-state index contributed by atoms with van der Waals surface area (Å²) in [5.74, 6) is 1.08. The molecule has 3 rings (SSSR count). The first-order chi connectivity index (χ1) is 12.0. The van der Waals surface area contributed by atoms with Gasteiger partial charge in [-0.05, 0) is 44.2 Å². The number of nitrogens with zero attached hydrogens (tertiary/aromatic N) is 3. The van der Waals surface area contributed by atoms with E-state index in [9.17, 15) is 4.79 Å². The van der Waals surface area contributed by atoms with Gasteiger partial charge in [0, 0.05) is 12.4 Å². The van der Waals surface area contributed by atoms with Crippen molar-refractivity contribution in [1.29, 1.82) is 0 Å². The summed E-state index contributed by atoms with van der Waals surface area (Å²) in [6.07, 6.45) is 0.959. The van der Waals surface area contributed by atoms with E-state index < -0.39 is 6.10 Å². The lowest BCUT2D eigenvalue weighted by Gasteiger charge is -2.15. The van der Waals surface area contributed by atoms with Crippen LogP contribution in [-0.2, 0) is 11.8 Å². The summed E-state index contributed by atoms with van der Waals surface area (Å²) in [6.45, 7) is 3.60. The predicted octanol–water partition coefficient (Wildman–Crippen LogP) is 2.69. The Balaban J connectivity index is 1.69. The topological polar surface area (TPSA) is 78.3 Å². The number of benzene rings is 1. The average Bonchev–Trinajstić information content (AvgIpc) is 2.89. The number of fused-ring (bicyclic) bond motifs is 1. The number of methoxy groups -OCH3 is 1. The average molecular weight is 340 g/mol. The highest BCUT2D eigenvalue weighted by molar-refractivity contribution is 5.95. The van der Waals surface area contributed by atoms with E-state index in [0.717, 1.165) is 22.5 Å². The molecule has 0 spiro atoms. The van der Waals surface area contributed by atoms with Crippen molar-refractivity contribution in [1.82, 2.24) is 14.8 Å². The quantitative estimate of drug-likeness (QED) is 0.772. The molecule has 1 unspecified atom stereocenters. The van der Waals surface area contributed by atoms with Crippen molar-refractivity contribution >= 4 is 22.6 Å². The van der Waals surface area contributed by atoms with E-state index in [-0.39, 0.29) is 5.91 Å². The van der Waals surface area contributed by atoms with Crippen molar-refractivity contribution in [2.45, 2.75) is 20.0 Å². The number of hydrogen-bond donors (Lipinski definition) is 1. The Morgan fingerprint density at radius 3 is 2.60 bits per heavy atom. The normalized spacial score (nSPS) is 12.0. The van der Waals surface area contributed by atoms with Crippen molar-refractivity contribution in [2.24, 2.45) is 7.05 Å². The summed E-state index contributed by atoms with van der Waals surface area (Å²) >= 11 is 0. The fourth-order valence-electron chi connectivity index (χ4n) is 2.53. The van der Waals surface area contributed by atoms with Gasteiger partial charge in [0.05, 0.1) is 24.7 Å². The maximum atomic E-state index is 12.4. The van der Waals surface area contributed by atoms with Crippen LogP contribution in [-0.4, -0.2) is 33.9 Å². The second kappa shape index (κ2) is 6.80. The SMILES string of the molecule is COc1ccc(OC(C)C(=O)Nc2cnc3c(c2)c(C)nn3C)cc1. The second-order valence-electron chi connectivity index (χ2n) is 5.73. The largest absolute Gasteiger partial charge is 0.497 e. The third-order valence-electron chi connectivity index (χ3n) is 3.87. The molecule has 1 aromatic carbocycles. The number of carbonyl (C=O) groups excluding carboxylic acids is 1. The Bertz CT molecular complexity index is 903. The summed E-state index contributed by atoms with van der Waals surface area (Å²) in [7, 11) is 3.44. The van der Waals surface area contributed by atoms with Crippen molar-refractivity contribution in [3.8, 4) is 11.5 Å². The van der Waals surface area contributed by atoms with Crippen LogP contribution in [0.2, 0.25) is 0 Å². The number of aromatic nitrogens is 3. The monoisotopic (exact) mass is 340 g/mol. The smallest absolute Gasteiger partial charge is 0.265 e. The number of anilines is 1. The molecule has 3 aromatic rings. The van der Waals surface area contributed by atoms with Gasteiger partial charge in [0.1, 0.15) is 11.5 Å². The third-order valence-corrected chi connectivity index (χ3v) is 3.87. The zero-order valence-electron chi connectivity index (χ0n) is 14.6. The Kier molecular flexibility index (Phi) is 4.56. The molecule has 7 heteroatoms. The number of pyridine rings is 1. The van der Waals surface area contributed by atoms with Gasteiger partial charge in [-0.25, -0.2) is 4.98 Å². The van der Waals surface area contributed by atoms with Crippen LogP contribution in [0.5, 0.6) is 11.5 Å². The number of nitrogens with one attached hydrogen (secondary N) is 1. The highest BCUT2D eigenvalue weighted by Gasteiger charge is 2.16. The molecule has 2 aromatic heterocycles. The van der Waals surface area contributed by atoms with Crippen molar-refractivity contribution < 1.29 is 14.3 Å². The first kappa shape index (κ1) is 16.8. The van der Waals surface area contributed by atoms with Gasteiger partial charge in [-0.1, -0.05) is 0 Å². The van der Waals surface area contributed by atoms with E-state index in [1.165, 1.54) is 0 Å². The van der Waals surface area contributed by atoms with E-state index in [2.05, 4.69) is 15.4 Å². The molecule has 1 atom stereocenters. The summed E-state index contributed by atoms with van der Waals surface area (Å²) in [5, 5.41) is 8.05. The van der Waals surface area contributed by atoms with Gasteiger partial charge < -0.3 is 14.8 Å². The van der Waals surface area contributed by atoms with Gasteiger partial charge in [0.15, 0.2) is 11.8 Å². The van der Waals surface area contributed by atoms with Crippen LogP contribution >= 0.6 is 0 Å². The fourth-order valence-corrected chi connectivity index (χ4v) is 2.53. The van der Waals surface area contributed by atoms with E-state index in [1.807, 2.05) is 20.0 Å². The van der Waals surface area contributed by atoms with E-state index >= 15 is 0 Å². The van der Waals surface area contributed by atoms with Crippen molar-refractivity contribution in [3.63, 3.8) is 0 Å². The molecule has 0 saturated carbocycles. The molecule has 0 aliphatic heterocycles. The van der Waals surface area contributed by atoms with E-state index in [1.54, 1.807) is 49.2 Å². The Labute approximate surface area is 145 Å². The summed E-state index contributed by atoms with van der Waals surface area (Å²) in [6, 6.07) is 8.94. The number of ether oxygens (including phenoxy) is 2. The maximum absolute atomic E-state index is 12.4. The van der Waals surface area contributed by atoms with Crippen molar-refractivity contribution in [2.75, 3.05) is 12.4 Å². The number of aryl methyl sites for hydroxylation is 2. The van der Waals surface area contributed by atoms with Gasteiger partial charge in [0.2, 0.25) is 0 Å². The number of hydrogen-bond acceptors (Lipinski definition) is 5. The first-order valence-electron chi connectivity index (χ1n) is 7.89. The van der Waals surface area contributed by atoms with Crippen LogP contribution in [0.3, 0.4) is 0 Å². The lowest BCUT2D eigenvalue weighted by atomic mass is 10.2. The third kappa shape index (κ3) is 3.55. The number of rotatable bonds is 5. The molecule has 7 nitrogen and oxygen atoms in total. The minimum Gasteiger partial charge on any atom is -0.497 e. The number of carbonyl (C=O) groups is 1. The molecule has 0 aliphatic carbocycles. The zero-order chi connectivity index (χ0) is 18.0. The lowest BCUT2D eigenvalue weighted by Crippen LogP contribution is -2.30. The lowest BCUT2D eigenvalue weighted by molar-refractivity contribution is -0.122. The summed E-state index contributed by atoms with van der Waals surface area (Å²) < 4.78 is 12.5. The van der Waals surface area contributed by atoms with Crippen LogP contribution in [0.1, 0.15) is 12.6 Å².